The van der Waals surface area contributed by atoms with Crippen molar-refractivity contribution >= 4 is 23.4 Å². The first kappa shape index (κ1) is 13.8. The number of alkyl halides is 1. The molecular weight excluding hydrogens is 288 g/mol. The second-order valence-electron chi connectivity index (χ2n) is 4.96. The lowest BCUT2D eigenvalue weighted by molar-refractivity contribution is 0.273. The van der Waals surface area contributed by atoms with Gasteiger partial charge in [-0.15, -0.1) is 23.4 Å². The van der Waals surface area contributed by atoms with Crippen LogP contribution in [-0.2, 0) is 5.88 Å². The molecule has 3 rings (SSSR count). The molecule has 0 fully saturated rings. The zero-order chi connectivity index (χ0) is 13.8. The lowest BCUT2D eigenvalue weighted by Gasteiger charge is -2.25. The number of benzene rings is 2. The average molecular weight is 305 g/mol. The molecule has 20 heavy (non-hydrogen) atoms. The maximum absolute atomic E-state index is 5.81. The quantitative estimate of drug-likeness (QED) is 0.575. The molecule has 1 aliphatic rings. The van der Waals surface area contributed by atoms with Crippen molar-refractivity contribution in [3.63, 3.8) is 0 Å². The molecule has 0 bridgehead atoms. The van der Waals surface area contributed by atoms with Gasteiger partial charge in [0, 0.05) is 22.4 Å². The molecule has 0 N–H and O–H groups in total. The summed E-state index contributed by atoms with van der Waals surface area (Å²) < 4.78 is 5.71. The second-order valence-corrected chi connectivity index (χ2v) is 6.32. The van der Waals surface area contributed by atoms with E-state index >= 15 is 0 Å². The minimum Gasteiger partial charge on any atom is -0.493 e. The minimum atomic E-state index is 0.581. The largest absolute Gasteiger partial charge is 0.493 e. The van der Waals surface area contributed by atoms with Crippen LogP contribution >= 0.6 is 23.4 Å². The number of ether oxygens (including phenoxy) is 1. The Morgan fingerprint density at radius 2 is 1.90 bits per heavy atom. The number of fused-ring (bicyclic) bond motifs is 1. The van der Waals surface area contributed by atoms with E-state index in [1.54, 1.807) is 0 Å². The summed E-state index contributed by atoms with van der Waals surface area (Å²) in [5.74, 6) is 3.32. The fourth-order valence-corrected chi connectivity index (χ4v) is 3.71. The van der Waals surface area contributed by atoms with Crippen LogP contribution in [0.15, 0.2) is 53.4 Å². The Bertz CT molecular complexity index is 567. The van der Waals surface area contributed by atoms with Crippen molar-refractivity contribution in [1.29, 1.82) is 0 Å². The molecule has 0 amide bonds. The van der Waals surface area contributed by atoms with Gasteiger partial charge in [0.2, 0.25) is 0 Å². The third kappa shape index (κ3) is 3.13. The van der Waals surface area contributed by atoms with Crippen LogP contribution in [0, 0.1) is 0 Å². The van der Waals surface area contributed by atoms with Crippen molar-refractivity contribution in [2.45, 2.75) is 23.1 Å². The van der Waals surface area contributed by atoms with Crippen molar-refractivity contribution in [2.24, 2.45) is 0 Å². The van der Waals surface area contributed by atoms with Gasteiger partial charge in [-0.2, -0.15) is 0 Å². The lowest BCUT2D eigenvalue weighted by atomic mass is 9.95. The van der Waals surface area contributed by atoms with Gasteiger partial charge in [0.05, 0.1) is 6.61 Å². The Labute approximate surface area is 129 Å². The first-order valence-electron chi connectivity index (χ1n) is 6.86. The van der Waals surface area contributed by atoms with E-state index in [0.29, 0.717) is 11.8 Å². The molecule has 0 radical (unpaired) electrons. The minimum absolute atomic E-state index is 0.581. The summed E-state index contributed by atoms with van der Waals surface area (Å²) in [6.07, 6.45) is 1.10. The van der Waals surface area contributed by atoms with Crippen LogP contribution in [0.25, 0.3) is 0 Å². The Kier molecular flexibility index (Phi) is 4.54. The lowest BCUT2D eigenvalue weighted by Crippen LogP contribution is -2.15. The maximum atomic E-state index is 5.81. The number of rotatable bonds is 4. The van der Waals surface area contributed by atoms with Crippen LogP contribution in [0.3, 0.4) is 0 Å². The Balaban J connectivity index is 1.66. The summed E-state index contributed by atoms with van der Waals surface area (Å²) in [6, 6.07) is 16.9. The zero-order valence-electron chi connectivity index (χ0n) is 11.2. The zero-order valence-corrected chi connectivity index (χ0v) is 12.8. The van der Waals surface area contributed by atoms with Gasteiger partial charge in [-0.1, -0.05) is 30.3 Å². The highest BCUT2D eigenvalue weighted by Gasteiger charge is 2.20. The number of thioether (sulfide) groups is 1. The van der Waals surface area contributed by atoms with E-state index in [1.807, 2.05) is 17.8 Å². The van der Waals surface area contributed by atoms with Crippen LogP contribution < -0.4 is 4.74 Å². The van der Waals surface area contributed by atoms with E-state index in [4.69, 9.17) is 16.3 Å². The molecule has 3 heteroatoms. The standard InChI is InChI=1S/C17H17ClOS/c18-11-13-5-7-15(8-6-13)20-12-14-9-10-19-17-4-2-1-3-16(14)17/h1-8,14H,9-12H2. The van der Waals surface area contributed by atoms with Gasteiger partial charge in [0.25, 0.3) is 0 Å². The van der Waals surface area contributed by atoms with E-state index in [1.165, 1.54) is 16.0 Å². The van der Waals surface area contributed by atoms with Crippen molar-refractivity contribution in [2.75, 3.05) is 12.4 Å². The van der Waals surface area contributed by atoms with E-state index < -0.39 is 0 Å². The molecular formula is C17H17ClOS. The summed E-state index contributed by atoms with van der Waals surface area (Å²) in [5.41, 5.74) is 2.52. The number of halogens is 1. The third-order valence-electron chi connectivity index (χ3n) is 3.61. The summed E-state index contributed by atoms with van der Waals surface area (Å²) in [4.78, 5) is 1.31. The van der Waals surface area contributed by atoms with E-state index in [-0.39, 0.29) is 0 Å². The van der Waals surface area contributed by atoms with Crippen LogP contribution in [0.5, 0.6) is 5.75 Å². The molecule has 0 aromatic heterocycles. The summed E-state index contributed by atoms with van der Waals surface area (Å²) in [6.45, 7) is 0.827. The van der Waals surface area contributed by atoms with Gasteiger partial charge in [0.15, 0.2) is 0 Å². The number of para-hydroxylation sites is 1. The van der Waals surface area contributed by atoms with Crippen molar-refractivity contribution in [3.8, 4) is 5.75 Å². The Hall–Kier alpha value is -1.12. The predicted octanol–water partition coefficient (Wildman–Crippen LogP) is 5.08. The molecule has 1 nitrogen and oxygen atoms in total. The SMILES string of the molecule is ClCc1ccc(SCC2CCOc3ccccc32)cc1. The van der Waals surface area contributed by atoms with E-state index in [2.05, 4.69) is 42.5 Å². The molecule has 1 unspecified atom stereocenters. The highest BCUT2D eigenvalue weighted by molar-refractivity contribution is 7.99. The number of hydrogen-bond acceptors (Lipinski definition) is 2. The molecule has 2 aromatic carbocycles. The fourth-order valence-electron chi connectivity index (χ4n) is 2.46. The molecule has 1 aliphatic heterocycles. The maximum Gasteiger partial charge on any atom is 0.122 e. The van der Waals surface area contributed by atoms with Gasteiger partial charge < -0.3 is 4.74 Å². The monoisotopic (exact) mass is 304 g/mol. The molecule has 0 saturated carbocycles. The van der Waals surface area contributed by atoms with Gasteiger partial charge >= 0.3 is 0 Å². The summed E-state index contributed by atoms with van der Waals surface area (Å²) >= 11 is 7.72. The third-order valence-corrected chi connectivity index (χ3v) is 5.09. The molecule has 0 saturated heterocycles. The predicted molar refractivity (Wildman–Crippen MR) is 86.0 cm³/mol. The molecule has 1 heterocycles. The van der Waals surface area contributed by atoms with Crippen molar-refractivity contribution < 1.29 is 4.74 Å². The fraction of sp³-hybridized carbons (Fsp3) is 0.294. The first-order valence-corrected chi connectivity index (χ1v) is 8.38. The van der Waals surface area contributed by atoms with E-state index in [9.17, 15) is 0 Å². The molecule has 0 aliphatic carbocycles. The first-order chi connectivity index (χ1) is 9.86. The highest BCUT2D eigenvalue weighted by atomic mass is 35.5. The van der Waals surface area contributed by atoms with Crippen molar-refractivity contribution in [3.05, 3.63) is 59.7 Å². The molecule has 0 spiro atoms. The molecule has 2 aromatic rings. The van der Waals surface area contributed by atoms with Gasteiger partial charge in [-0.05, 0) is 35.7 Å². The van der Waals surface area contributed by atoms with Crippen LogP contribution in [-0.4, -0.2) is 12.4 Å². The normalized spacial score (nSPS) is 17.4. The summed E-state index contributed by atoms with van der Waals surface area (Å²) in [5, 5.41) is 0. The Morgan fingerprint density at radius 1 is 1.10 bits per heavy atom. The van der Waals surface area contributed by atoms with E-state index in [0.717, 1.165) is 24.5 Å². The van der Waals surface area contributed by atoms with Gasteiger partial charge in [-0.25, -0.2) is 0 Å². The average Bonchev–Trinajstić information content (AvgIpc) is 2.53. The second kappa shape index (κ2) is 6.55. The topological polar surface area (TPSA) is 9.23 Å². The van der Waals surface area contributed by atoms with Crippen LogP contribution in [0.4, 0.5) is 0 Å². The van der Waals surface area contributed by atoms with Crippen molar-refractivity contribution in [1.82, 2.24) is 0 Å². The summed E-state index contributed by atoms with van der Waals surface area (Å²) in [7, 11) is 0. The highest BCUT2D eigenvalue weighted by Crippen LogP contribution is 2.36. The number of hydrogen-bond donors (Lipinski definition) is 0. The van der Waals surface area contributed by atoms with Gasteiger partial charge in [-0.3, -0.25) is 0 Å². The molecule has 1 atom stereocenters. The van der Waals surface area contributed by atoms with Gasteiger partial charge in [0.1, 0.15) is 5.75 Å². The smallest absolute Gasteiger partial charge is 0.122 e. The van der Waals surface area contributed by atoms with Crippen LogP contribution in [0.1, 0.15) is 23.5 Å². The molecule has 104 valence electrons. The Morgan fingerprint density at radius 3 is 2.70 bits per heavy atom. The van der Waals surface area contributed by atoms with Crippen LogP contribution in [0.2, 0.25) is 0 Å².